The molecular formula is C16H19N7. The Bertz CT molecular complexity index is 839. The fourth-order valence-corrected chi connectivity index (χ4v) is 3.22. The molecule has 118 valence electrons. The predicted octanol–water partition coefficient (Wildman–Crippen LogP) is 2.50. The van der Waals surface area contributed by atoms with E-state index in [4.69, 9.17) is 4.98 Å². The lowest BCUT2D eigenvalue weighted by Crippen LogP contribution is -2.18. The first-order chi connectivity index (χ1) is 11.4. The summed E-state index contributed by atoms with van der Waals surface area (Å²) in [7, 11) is 0. The van der Waals surface area contributed by atoms with E-state index in [1.54, 1.807) is 0 Å². The number of rotatable bonds is 4. The van der Waals surface area contributed by atoms with E-state index in [2.05, 4.69) is 32.0 Å². The number of anilines is 2. The van der Waals surface area contributed by atoms with Crippen LogP contribution in [0.5, 0.6) is 0 Å². The fraction of sp³-hybridized carbons (Fsp3) is 0.438. The molecule has 0 unspecified atom stereocenters. The topological polar surface area (TPSA) is 82.9 Å². The summed E-state index contributed by atoms with van der Waals surface area (Å²) in [5, 5.41) is 19.0. The lowest BCUT2D eigenvalue weighted by atomic mass is 10.2. The van der Waals surface area contributed by atoms with Crippen LogP contribution in [-0.2, 0) is 0 Å². The van der Waals surface area contributed by atoms with E-state index in [1.807, 2.05) is 22.8 Å². The van der Waals surface area contributed by atoms with Crippen molar-refractivity contribution in [3.05, 3.63) is 35.9 Å². The first-order valence-electron chi connectivity index (χ1n) is 8.28. The van der Waals surface area contributed by atoms with Crippen molar-refractivity contribution in [1.82, 2.24) is 30.1 Å². The first kappa shape index (κ1) is 13.1. The molecule has 0 amide bonds. The molecule has 7 heteroatoms. The highest BCUT2D eigenvalue weighted by Crippen LogP contribution is 2.39. The third kappa shape index (κ3) is 2.37. The molecule has 2 fully saturated rings. The Kier molecular flexibility index (Phi) is 2.87. The number of hydrogen-bond acceptors (Lipinski definition) is 5. The average Bonchev–Trinajstić information content (AvgIpc) is 3.01. The summed E-state index contributed by atoms with van der Waals surface area (Å²) in [6.45, 7) is 1.03. The van der Waals surface area contributed by atoms with Gasteiger partial charge in [0.05, 0.1) is 6.04 Å². The van der Waals surface area contributed by atoms with Gasteiger partial charge in [0, 0.05) is 23.9 Å². The minimum Gasteiger partial charge on any atom is -0.322 e. The van der Waals surface area contributed by atoms with Gasteiger partial charge in [-0.25, -0.2) is 9.50 Å². The van der Waals surface area contributed by atoms with Gasteiger partial charge in [-0.1, -0.05) is 0 Å². The van der Waals surface area contributed by atoms with E-state index in [9.17, 15) is 0 Å². The van der Waals surface area contributed by atoms with Gasteiger partial charge >= 0.3 is 0 Å². The maximum absolute atomic E-state index is 4.76. The van der Waals surface area contributed by atoms with Gasteiger partial charge in [0.25, 0.3) is 0 Å². The van der Waals surface area contributed by atoms with Crippen LogP contribution in [0, 0.1) is 0 Å². The molecule has 1 aliphatic carbocycles. The van der Waals surface area contributed by atoms with Crippen molar-refractivity contribution in [3.8, 4) is 0 Å². The second kappa shape index (κ2) is 5.06. The van der Waals surface area contributed by atoms with Gasteiger partial charge in [0.15, 0.2) is 17.5 Å². The Hall–Kier alpha value is -2.41. The summed E-state index contributed by atoms with van der Waals surface area (Å²) in [5.41, 5.74) is 2.17. The number of fused-ring (bicyclic) bond motifs is 1. The zero-order valence-corrected chi connectivity index (χ0v) is 12.8. The number of nitrogens with one attached hydrogen (secondary N) is 3. The Balaban J connectivity index is 1.51. The third-order valence-electron chi connectivity index (χ3n) is 4.64. The molecule has 3 N–H and O–H groups in total. The number of aromatic nitrogens is 5. The molecule has 1 aliphatic heterocycles. The lowest BCUT2D eigenvalue weighted by molar-refractivity contribution is 0.587. The molecule has 3 aromatic rings. The van der Waals surface area contributed by atoms with Crippen molar-refractivity contribution in [2.75, 3.05) is 11.9 Å². The average molecular weight is 309 g/mol. The SMILES string of the molecule is c1cc2c(Nc3cc(C4CC4)[nH]n3)nc([C@@H]3CCCN3)nn2c1. The maximum Gasteiger partial charge on any atom is 0.168 e. The van der Waals surface area contributed by atoms with Crippen LogP contribution < -0.4 is 10.6 Å². The highest BCUT2D eigenvalue weighted by atomic mass is 15.3. The van der Waals surface area contributed by atoms with Gasteiger partial charge < -0.3 is 10.6 Å². The van der Waals surface area contributed by atoms with Crippen LogP contribution >= 0.6 is 0 Å². The summed E-state index contributed by atoms with van der Waals surface area (Å²) in [4.78, 5) is 4.76. The normalized spacial score (nSPS) is 21.1. The lowest BCUT2D eigenvalue weighted by Gasteiger charge is -2.12. The molecule has 0 aromatic carbocycles. The molecule has 23 heavy (non-hydrogen) atoms. The van der Waals surface area contributed by atoms with Crippen molar-refractivity contribution < 1.29 is 0 Å². The molecule has 1 saturated carbocycles. The summed E-state index contributed by atoms with van der Waals surface area (Å²) < 4.78 is 1.89. The van der Waals surface area contributed by atoms with E-state index in [-0.39, 0.29) is 6.04 Å². The molecule has 1 saturated heterocycles. The Morgan fingerprint density at radius 2 is 2.22 bits per heavy atom. The van der Waals surface area contributed by atoms with Gasteiger partial charge in [-0.05, 0) is 44.4 Å². The molecule has 4 heterocycles. The molecule has 0 radical (unpaired) electrons. The highest BCUT2D eigenvalue weighted by Gasteiger charge is 2.26. The maximum atomic E-state index is 4.76. The van der Waals surface area contributed by atoms with Crippen molar-refractivity contribution >= 4 is 17.2 Å². The predicted molar refractivity (Wildman–Crippen MR) is 86.8 cm³/mol. The summed E-state index contributed by atoms with van der Waals surface area (Å²) in [6, 6.07) is 6.33. The van der Waals surface area contributed by atoms with Crippen LogP contribution in [0.25, 0.3) is 5.52 Å². The fourth-order valence-electron chi connectivity index (χ4n) is 3.22. The van der Waals surface area contributed by atoms with Crippen LogP contribution in [0.15, 0.2) is 24.4 Å². The van der Waals surface area contributed by atoms with Gasteiger partial charge in [0.2, 0.25) is 0 Å². The van der Waals surface area contributed by atoms with Gasteiger partial charge in [-0.2, -0.15) is 10.2 Å². The smallest absolute Gasteiger partial charge is 0.168 e. The van der Waals surface area contributed by atoms with E-state index >= 15 is 0 Å². The minimum atomic E-state index is 0.239. The minimum absolute atomic E-state index is 0.239. The highest BCUT2D eigenvalue weighted by molar-refractivity contribution is 5.72. The van der Waals surface area contributed by atoms with Crippen molar-refractivity contribution in [3.63, 3.8) is 0 Å². The van der Waals surface area contributed by atoms with E-state index in [0.29, 0.717) is 5.92 Å². The van der Waals surface area contributed by atoms with E-state index < -0.39 is 0 Å². The molecule has 2 aliphatic rings. The molecule has 0 bridgehead atoms. The molecule has 1 atom stereocenters. The molecular weight excluding hydrogens is 290 g/mol. The van der Waals surface area contributed by atoms with Gasteiger partial charge in [0.1, 0.15) is 5.52 Å². The standard InChI is InChI=1S/C16H19N7/c1-3-11(17-7-1)15-19-16(13-4-2-8-23(13)22-15)18-14-9-12(20-21-14)10-5-6-10/h2,4,8-11,17H,1,3,5-7H2,(H2,18,19,20,21,22)/t11-/m0/s1. The van der Waals surface area contributed by atoms with Crippen LogP contribution in [0.2, 0.25) is 0 Å². The van der Waals surface area contributed by atoms with Crippen molar-refractivity contribution in [1.29, 1.82) is 0 Å². The van der Waals surface area contributed by atoms with Crippen LogP contribution in [0.4, 0.5) is 11.6 Å². The molecule has 3 aromatic heterocycles. The van der Waals surface area contributed by atoms with Gasteiger partial charge in [-0.3, -0.25) is 5.10 Å². The van der Waals surface area contributed by atoms with Crippen LogP contribution in [0.1, 0.15) is 49.2 Å². The second-order valence-corrected chi connectivity index (χ2v) is 6.41. The second-order valence-electron chi connectivity index (χ2n) is 6.41. The summed E-state index contributed by atoms with van der Waals surface area (Å²) >= 11 is 0. The quantitative estimate of drug-likeness (QED) is 0.690. The Morgan fingerprint density at radius 1 is 1.26 bits per heavy atom. The number of aromatic amines is 1. The molecule has 0 spiro atoms. The van der Waals surface area contributed by atoms with Crippen LogP contribution in [-0.4, -0.2) is 31.3 Å². The molecule has 5 rings (SSSR count). The molecule has 7 nitrogen and oxygen atoms in total. The van der Waals surface area contributed by atoms with Crippen molar-refractivity contribution in [2.45, 2.75) is 37.6 Å². The Morgan fingerprint density at radius 3 is 3.04 bits per heavy atom. The number of nitrogens with zero attached hydrogens (tertiary/aromatic N) is 4. The van der Waals surface area contributed by atoms with E-state index in [0.717, 1.165) is 35.9 Å². The van der Waals surface area contributed by atoms with Crippen molar-refractivity contribution in [2.24, 2.45) is 0 Å². The zero-order chi connectivity index (χ0) is 15.2. The van der Waals surface area contributed by atoms with Gasteiger partial charge in [-0.15, -0.1) is 0 Å². The summed E-state index contributed by atoms with van der Waals surface area (Å²) in [5.74, 6) is 3.13. The third-order valence-corrected chi connectivity index (χ3v) is 4.64. The number of H-pyrrole nitrogens is 1. The first-order valence-corrected chi connectivity index (χ1v) is 8.28. The summed E-state index contributed by atoms with van der Waals surface area (Å²) in [6.07, 6.45) is 6.73. The van der Waals surface area contributed by atoms with E-state index in [1.165, 1.54) is 25.0 Å². The zero-order valence-electron chi connectivity index (χ0n) is 12.8. The number of hydrogen-bond donors (Lipinski definition) is 3. The van der Waals surface area contributed by atoms with Crippen LogP contribution in [0.3, 0.4) is 0 Å². The largest absolute Gasteiger partial charge is 0.322 e. The Labute approximate surface area is 133 Å². The monoisotopic (exact) mass is 309 g/mol.